The number of hydrogen-bond donors (Lipinski definition) is 0. The van der Waals surface area contributed by atoms with Crippen LogP contribution in [0.15, 0.2) is 24.3 Å². The van der Waals surface area contributed by atoms with Crippen LogP contribution in [0.1, 0.15) is 37.7 Å². The van der Waals surface area contributed by atoms with Gasteiger partial charge in [0, 0.05) is 33.0 Å². The molecule has 1 saturated heterocycles. The molecule has 3 nitrogen and oxygen atoms in total. The zero-order valence-electron chi connectivity index (χ0n) is 12.8. The summed E-state index contributed by atoms with van der Waals surface area (Å²) in [5.74, 6) is 0. The summed E-state index contributed by atoms with van der Waals surface area (Å²) in [5, 5.41) is 0. The topological polar surface area (TPSA) is 21.7 Å². The molecule has 0 aliphatic carbocycles. The molecule has 1 heterocycles. The summed E-state index contributed by atoms with van der Waals surface area (Å²) >= 11 is 0. The van der Waals surface area contributed by atoms with E-state index in [1.54, 1.807) is 0 Å². The standard InChI is InChI=1S/C17H27NO2/c1-18(2)16-11-9-15(10-12-16)7-3-5-13-19-17-8-4-6-14-20-17/h9-12,17H,3-8,13-14H2,1-2H3. The molecule has 0 bridgehead atoms. The molecule has 0 amide bonds. The first-order valence-electron chi connectivity index (χ1n) is 7.75. The predicted molar refractivity (Wildman–Crippen MR) is 83.3 cm³/mol. The predicted octanol–water partition coefficient (Wildman–Crippen LogP) is 3.62. The highest BCUT2D eigenvalue weighted by molar-refractivity contribution is 5.45. The van der Waals surface area contributed by atoms with Gasteiger partial charge in [-0.15, -0.1) is 0 Å². The van der Waals surface area contributed by atoms with Gasteiger partial charge in [-0.05, 0) is 56.2 Å². The minimum Gasteiger partial charge on any atom is -0.378 e. The summed E-state index contributed by atoms with van der Waals surface area (Å²) in [4.78, 5) is 2.13. The Morgan fingerprint density at radius 3 is 2.60 bits per heavy atom. The fraction of sp³-hybridized carbons (Fsp3) is 0.647. The molecule has 1 aromatic rings. The third kappa shape index (κ3) is 5.14. The molecule has 1 unspecified atom stereocenters. The molecule has 0 aromatic heterocycles. The Labute approximate surface area is 122 Å². The van der Waals surface area contributed by atoms with Gasteiger partial charge in [0.15, 0.2) is 6.29 Å². The Kier molecular flexibility index (Phi) is 6.34. The van der Waals surface area contributed by atoms with Crippen molar-refractivity contribution < 1.29 is 9.47 Å². The van der Waals surface area contributed by atoms with Crippen LogP contribution in [0, 0.1) is 0 Å². The number of aryl methyl sites for hydroxylation is 1. The number of hydrogen-bond acceptors (Lipinski definition) is 3. The molecule has 0 N–H and O–H groups in total. The van der Waals surface area contributed by atoms with E-state index in [1.807, 2.05) is 0 Å². The Morgan fingerprint density at radius 1 is 1.15 bits per heavy atom. The van der Waals surface area contributed by atoms with Crippen molar-refractivity contribution in [3.63, 3.8) is 0 Å². The van der Waals surface area contributed by atoms with Crippen molar-refractivity contribution in [2.45, 2.75) is 44.8 Å². The van der Waals surface area contributed by atoms with E-state index in [0.29, 0.717) is 0 Å². The van der Waals surface area contributed by atoms with Crippen LogP contribution in [0.25, 0.3) is 0 Å². The van der Waals surface area contributed by atoms with Gasteiger partial charge in [-0.2, -0.15) is 0 Å². The molecule has 1 fully saturated rings. The highest BCUT2D eigenvalue weighted by Gasteiger charge is 2.13. The van der Waals surface area contributed by atoms with Gasteiger partial charge in [0.25, 0.3) is 0 Å². The Balaban J connectivity index is 1.58. The van der Waals surface area contributed by atoms with Crippen LogP contribution in [-0.4, -0.2) is 33.6 Å². The summed E-state index contributed by atoms with van der Waals surface area (Å²) in [6.45, 7) is 1.68. The molecule has 1 aliphatic rings. The maximum absolute atomic E-state index is 5.74. The number of ether oxygens (including phenoxy) is 2. The van der Waals surface area contributed by atoms with Gasteiger partial charge in [0.05, 0.1) is 0 Å². The molecule has 20 heavy (non-hydrogen) atoms. The average molecular weight is 277 g/mol. The SMILES string of the molecule is CN(C)c1ccc(CCCCOC2CCCCO2)cc1. The molecule has 0 spiro atoms. The van der Waals surface area contributed by atoms with Crippen LogP contribution in [0.5, 0.6) is 0 Å². The van der Waals surface area contributed by atoms with Gasteiger partial charge in [-0.1, -0.05) is 12.1 Å². The van der Waals surface area contributed by atoms with Crippen molar-refractivity contribution in [3.05, 3.63) is 29.8 Å². The second-order valence-corrected chi connectivity index (χ2v) is 5.68. The maximum Gasteiger partial charge on any atom is 0.157 e. The van der Waals surface area contributed by atoms with Crippen LogP contribution in [0.4, 0.5) is 5.69 Å². The Hall–Kier alpha value is -1.06. The van der Waals surface area contributed by atoms with Crippen LogP contribution >= 0.6 is 0 Å². The number of unbranched alkanes of at least 4 members (excludes halogenated alkanes) is 1. The van der Waals surface area contributed by atoms with E-state index < -0.39 is 0 Å². The second-order valence-electron chi connectivity index (χ2n) is 5.68. The molecule has 112 valence electrons. The van der Waals surface area contributed by atoms with Crippen LogP contribution in [-0.2, 0) is 15.9 Å². The van der Waals surface area contributed by atoms with Gasteiger partial charge in [-0.3, -0.25) is 0 Å². The molecule has 1 aromatic carbocycles. The fourth-order valence-electron chi connectivity index (χ4n) is 2.45. The lowest BCUT2D eigenvalue weighted by Gasteiger charge is -2.22. The monoisotopic (exact) mass is 277 g/mol. The van der Waals surface area contributed by atoms with Gasteiger partial charge in [0.1, 0.15) is 0 Å². The zero-order chi connectivity index (χ0) is 14.2. The lowest BCUT2D eigenvalue weighted by atomic mass is 10.1. The van der Waals surface area contributed by atoms with Gasteiger partial charge >= 0.3 is 0 Å². The highest BCUT2D eigenvalue weighted by Crippen LogP contribution is 2.16. The average Bonchev–Trinajstić information content (AvgIpc) is 2.48. The van der Waals surface area contributed by atoms with Gasteiger partial charge in [-0.25, -0.2) is 0 Å². The first-order chi connectivity index (χ1) is 9.75. The van der Waals surface area contributed by atoms with Crippen molar-refractivity contribution in [3.8, 4) is 0 Å². The first-order valence-corrected chi connectivity index (χ1v) is 7.75. The van der Waals surface area contributed by atoms with Crippen LogP contribution in [0.2, 0.25) is 0 Å². The highest BCUT2D eigenvalue weighted by atomic mass is 16.7. The molecule has 3 heteroatoms. The number of benzene rings is 1. The van der Waals surface area contributed by atoms with E-state index >= 15 is 0 Å². The maximum atomic E-state index is 5.74. The van der Waals surface area contributed by atoms with Crippen LogP contribution < -0.4 is 4.90 Å². The molecular formula is C17H27NO2. The molecule has 1 aliphatic heterocycles. The van der Waals surface area contributed by atoms with Crippen molar-refractivity contribution in [1.82, 2.24) is 0 Å². The van der Waals surface area contributed by atoms with Crippen LogP contribution in [0.3, 0.4) is 0 Å². The summed E-state index contributed by atoms with van der Waals surface area (Å²) in [5.41, 5.74) is 2.66. The summed E-state index contributed by atoms with van der Waals surface area (Å²) in [7, 11) is 4.14. The van der Waals surface area contributed by atoms with E-state index in [4.69, 9.17) is 9.47 Å². The van der Waals surface area contributed by atoms with E-state index in [1.165, 1.54) is 30.5 Å². The summed E-state index contributed by atoms with van der Waals surface area (Å²) < 4.78 is 11.3. The van der Waals surface area contributed by atoms with E-state index in [-0.39, 0.29) is 6.29 Å². The number of nitrogens with zero attached hydrogens (tertiary/aromatic N) is 1. The van der Waals surface area contributed by atoms with E-state index in [9.17, 15) is 0 Å². The third-order valence-corrected chi connectivity index (χ3v) is 3.75. The van der Waals surface area contributed by atoms with Crippen molar-refractivity contribution >= 4 is 5.69 Å². The largest absolute Gasteiger partial charge is 0.378 e. The molecular weight excluding hydrogens is 250 g/mol. The molecule has 1 atom stereocenters. The molecule has 0 radical (unpaired) electrons. The lowest BCUT2D eigenvalue weighted by Crippen LogP contribution is -2.22. The Bertz CT molecular complexity index is 369. The molecule has 2 rings (SSSR count). The summed E-state index contributed by atoms with van der Waals surface area (Å²) in [6, 6.07) is 8.81. The minimum absolute atomic E-state index is 0.0584. The summed E-state index contributed by atoms with van der Waals surface area (Å²) in [6.07, 6.45) is 6.95. The van der Waals surface area contributed by atoms with Crippen molar-refractivity contribution in [2.75, 3.05) is 32.2 Å². The van der Waals surface area contributed by atoms with E-state index in [0.717, 1.165) is 32.5 Å². The fourth-order valence-corrected chi connectivity index (χ4v) is 2.45. The first kappa shape index (κ1) is 15.3. The van der Waals surface area contributed by atoms with Gasteiger partial charge in [0.2, 0.25) is 0 Å². The van der Waals surface area contributed by atoms with Crippen molar-refractivity contribution in [2.24, 2.45) is 0 Å². The zero-order valence-corrected chi connectivity index (χ0v) is 12.8. The lowest BCUT2D eigenvalue weighted by molar-refractivity contribution is -0.162. The third-order valence-electron chi connectivity index (χ3n) is 3.75. The minimum atomic E-state index is 0.0584. The number of rotatable bonds is 7. The van der Waals surface area contributed by atoms with Crippen molar-refractivity contribution in [1.29, 1.82) is 0 Å². The smallest absolute Gasteiger partial charge is 0.157 e. The normalized spacial score (nSPS) is 19.0. The van der Waals surface area contributed by atoms with Gasteiger partial charge < -0.3 is 14.4 Å². The quantitative estimate of drug-likeness (QED) is 0.711. The Morgan fingerprint density at radius 2 is 1.95 bits per heavy atom. The second kappa shape index (κ2) is 8.28. The number of anilines is 1. The molecule has 0 saturated carbocycles. The van der Waals surface area contributed by atoms with E-state index in [2.05, 4.69) is 43.3 Å².